The largest absolute Gasteiger partial charge is 0.462 e. The van der Waals surface area contributed by atoms with Crippen LogP contribution in [0.15, 0.2) is 122 Å². The van der Waals surface area contributed by atoms with Crippen molar-refractivity contribution >= 4 is 17.9 Å². The molecule has 0 N–H and O–H groups in total. The molecular weight excluding hydrogens is 793 g/mol. The Morgan fingerprint density at radius 3 is 1.08 bits per heavy atom. The molecule has 6 heteroatoms. The SMILES string of the molecule is CC\C=C/C=C\C=C/C=C\CCCCCC(=O)OCC(COC(=O)CCCCCCC\C=C/C=C\C=C/C=C\C=C/CCC)OC(=O)CCCCCCCCC/C=C\CCCCCC. The van der Waals surface area contributed by atoms with Crippen molar-refractivity contribution in [1.29, 1.82) is 0 Å². The average Bonchev–Trinajstić information content (AvgIpc) is 3.29. The summed E-state index contributed by atoms with van der Waals surface area (Å²) in [4.78, 5) is 38.0. The Kier molecular flexibility index (Phi) is 48.1. The lowest BCUT2D eigenvalue weighted by atomic mass is 10.1. The number of carbonyl (C=O) groups is 3. The third-order valence-electron chi connectivity index (χ3n) is 10.4. The Morgan fingerprint density at radius 2 is 0.656 bits per heavy atom. The van der Waals surface area contributed by atoms with Gasteiger partial charge in [-0.3, -0.25) is 14.4 Å². The van der Waals surface area contributed by atoms with E-state index < -0.39 is 6.10 Å². The van der Waals surface area contributed by atoms with Gasteiger partial charge in [0.15, 0.2) is 6.10 Å². The van der Waals surface area contributed by atoms with Crippen molar-refractivity contribution in [3.63, 3.8) is 0 Å². The molecular formula is C58H92O6. The van der Waals surface area contributed by atoms with Gasteiger partial charge < -0.3 is 14.2 Å². The predicted octanol–water partition coefficient (Wildman–Crippen LogP) is 16.9. The fourth-order valence-electron chi connectivity index (χ4n) is 6.53. The second kappa shape index (κ2) is 51.4. The number of hydrogen-bond acceptors (Lipinski definition) is 6. The van der Waals surface area contributed by atoms with Crippen LogP contribution < -0.4 is 0 Å². The quantitative estimate of drug-likeness (QED) is 0.0199. The fourth-order valence-corrected chi connectivity index (χ4v) is 6.53. The highest BCUT2D eigenvalue weighted by molar-refractivity contribution is 5.71. The van der Waals surface area contributed by atoms with Crippen LogP contribution >= 0.6 is 0 Å². The molecule has 1 atom stereocenters. The van der Waals surface area contributed by atoms with E-state index in [1.165, 1.54) is 70.6 Å². The third kappa shape index (κ3) is 48.8. The topological polar surface area (TPSA) is 78.9 Å². The van der Waals surface area contributed by atoms with E-state index in [0.29, 0.717) is 19.3 Å². The van der Waals surface area contributed by atoms with Crippen LogP contribution in [0.3, 0.4) is 0 Å². The van der Waals surface area contributed by atoms with E-state index in [0.717, 1.165) is 96.3 Å². The first-order valence-corrected chi connectivity index (χ1v) is 25.7. The van der Waals surface area contributed by atoms with Gasteiger partial charge in [-0.25, -0.2) is 0 Å². The molecule has 6 nitrogen and oxygen atoms in total. The second-order valence-corrected chi connectivity index (χ2v) is 16.6. The van der Waals surface area contributed by atoms with Crippen LogP contribution in [0.1, 0.15) is 207 Å². The molecule has 1 unspecified atom stereocenters. The molecule has 0 heterocycles. The zero-order valence-corrected chi connectivity index (χ0v) is 41.0. The van der Waals surface area contributed by atoms with Crippen molar-refractivity contribution in [2.45, 2.75) is 213 Å². The fraction of sp³-hybridized carbons (Fsp3) is 0.603. The average molecular weight is 885 g/mol. The van der Waals surface area contributed by atoms with Gasteiger partial charge in [-0.05, 0) is 83.5 Å². The molecule has 360 valence electrons. The van der Waals surface area contributed by atoms with E-state index in [4.69, 9.17) is 14.2 Å². The molecule has 0 aromatic heterocycles. The highest BCUT2D eigenvalue weighted by atomic mass is 16.6. The summed E-state index contributed by atoms with van der Waals surface area (Å²) < 4.78 is 16.7. The Balaban J connectivity index is 4.52. The lowest BCUT2D eigenvalue weighted by Crippen LogP contribution is -2.30. The summed E-state index contributed by atoms with van der Waals surface area (Å²) in [5.74, 6) is -0.984. The van der Waals surface area contributed by atoms with Gasteiger partial charge in [-0.1, -0.05) is 226 Å². The summed E-state index contributed by atoms with van der Waals surface area (Å²) in [5.41, 5.74) is 0. The summed E-state index contributed by atoms with van der Waals surface area (Å²) >= 11 is 0. The van der Waals surface area contributed by atoms with E-state index in [1.807, 2.05) is 72.9 Å². The minimum atomic E-state index is -0.810. The number of rotatable bonds is 44. The van der Waals surface area contributed by atoms with Crippen LogP contribution in [0.5, 0.6) is 0 Å². The molecule has 0 aliphatic heterocycles. The van der Waals surface area contributed by atoms with Crippen LogP contribution in [0.4, 0.5) is 0 Å². The van der Waals surface area contributed by atoms with Crippen molar-refractivity contribution in [3.8, 4) is 0 Å². The maximum atomic E-state index is 12.8. The molecule has 0 aromatic rings. The zero-order valence-electron chi connectivity index (χ0n) is 41.0. The minimum absolute atomic E-state index is 0.110. The minimum Gasteiger partial charge on any atom is -0.462 e. The van der Waals surface area contributed by atoms with Gasteiger partial charge in [0.2, 0.25) is 0 Å². The summed E-state index contributed by atoms with van der Waals surface area (Å²) in [6, 6.07) is 0. The van der Waals surface area contributed by atoms with E-state index >= 15 is 0 Å². The van der Waals surface area contributed by atoms with Crippen LogP contribution in [0.25, 0.3) is 0 Å². The van der Waals surface area contributed by atoms with Gasteiger partial charge in [0.05, 0.1) is 0 Å². The number of allylic oxidation sites excluding steroid dienone is 20. The second-order valence-electron chi connectivity index (χ2n) is 16.6. The number of ether oxygens (including phenoxy) is 3. The summed E-state index contributed by atoms with van der Waals surface area (Å²) in [6.07, 6.45) is 70.3. The Labute approximate surface area is 392 Å². The van der Waals surface area contributed by atoms with Crippen molar-refractivity contribution in [2.24, 2.45) is 0 Å². The van der Waals surface area contributed by atoms with E-state index in [9.17, 15) is 14.4 Å². The molecule has 0 aliphatic rings. The first kappa shape index (κ1) is 59.8. The van der Waals surface area contributed by atoms with Gasteiger partial charge in [0.1, 0.15) is 13.2 Å². The molecule has 64 heavy (non-hydrogen) atoms. The van der Waals surface area contributed by atoms with Crippen LogP contribution in [-0.4, -0.2) is 37.2 Å². The van der Waals surface area contributed by atoms with Crippen molar-refractivity contribution in [1.82, 2.24) is 0 Å². The number of carbonyl (C=O) groups excluding carboxylic acids is 3. The monoisotopic (exact) mass is 885 g/mol. The van der Waals surface area contributed by atoms with Crippen LogP contribution in [0.2, 0.25) is 0 Å². The summed E-state index contributed by atoms with van der Waals surface area (Å²) in [5, 5.41) is 0. The standard InChI is InChI=1S/C58H92O6/c1-4-7-10-13-16-19-22-25-27-28-29-31-33-36-39-42-45-48-51-57(60)63-54-55(53-62-56(59)50-47-44-41-38-35-32-24-21-18-15-12-9-6-3)64-58(61)52-49-46-43-40-37-34-30-26-23-20-17-14-11-8-5-2/h9-10,12-13,15-16,18-25,27-29,31-32,35,55H,4-8,11,14,17,26,30,33-34,36-54H2,1-3H3/b12-9-,13-10-,18-15-,19-16-,23-20-,24-21-,25-22-,28-27-,31-29-,35-32-. The molecule has 0 saturated carbocycles. The molecule has 0 rings (SSSR count). The normalized spacial score (nSPS) is 13.1. The number of unbranched alkanes of at least 4 members (excludes halogenated alkanes) is 20. The molecule has 0 aromatic carbocycles. The Morgan fingerprint density at radius 1 is 0.328 bits per heavy atom. The maximum Gasteiger partial charge on any atom is 0.306 e. The smallest absolute Gasteiger partial charge is 0.306 e. The summed E-state index contributed by atoms with van der Waals surface area (Å²) in [6.45, 7) is 6.32. The van der Waals surface area contributed by atoms with Crippen molar-refractivity contribution in [2.75, 3.05) is 13.2 Å². The number of esters is 3. The Bertz CT molecular complexity index is 1390. The first-order valence-electron chi connectivity index (χ1n) is 25.7. The maximum absolute atomic E-state index is 12.8. The molecule has 0 amide bonds. The highest BCUT2D eigenvalue weighted by Gasteiger charge is 2.19. The molecule has 0 radical (unpaired) electrons. The van der Waals surface area contributed by atoms with Gasteiger partial charge in [-0.15, -0.1) is 0 Å². The van der Waals surface area contributed by atoms with Gasteiger partial charge in [-0.2, -0.15) is 0 Å². The van der Waals surface area contributed by atoms with Crippen LogP contribution in [-0.2, 0) is 28.6 Å². The molecule has 0 fully saturated rings. The van der Waals surface area contributed by atoms with Crippen molar-refractivity contribution in [3.05, 3.63) is 122 Å². The van der Waals surface area contributed by atoms with E-state index in [1.54, 1.807) is 0 Å². The Hall–Kier alpha value is -4.19. The molecule has 0 spiro atoms. The zero-order chi connectivity index (χ0) is 46.5. The first-order chi connectivity index (χ1) is 31.5. The summed E-state index contributed by atoms with van der Waals surface area (Å²) in [7, 11) is 0. The lowest BCUT2D eigenvalue weighted by Gasteiger charge is -2.18. The van der Waals surface area contributed by atoms with E-state index in [-0.39, 0.29) is 31.1 Å². The van der Waals surface area contributed by atoms with Crippen LogP contribution in [0, 0.1) is 0 Å². The van der Waals surface area contributed by atoms with Crippen molar-refractivity contribution < 1.29 is 28.6 Å². The third-order valence-corrected chi connectivity index (χ3v) is 10.4. The van der Waals surface area contributed by atoms with Gasteiger partial charge in [0.25, 0.3) is 0 Å². The van der Waals surface area contributed by atoms with Gasteiger partial charge in [0, 0.05) is 19.3 Å². The van der Waals surface area contributed by atoms with E-state index in [2.05, 4.69) is 69.4 Å². The molecule has 0 saturated heterocycles. The highest BCUT2D eigenvalue weighted by Crippen LogP contribution is 2.13. The van der Waals surface area contributed by atoms with Gasteiger partial charge >= 0.3 is 17.9 Å². The molecule has 0 bridgehead atoms. The number of hydrogen-bond donors (Lipinski definition) is 0. The predicted molar refractivity (Wildman–Crippen MR) is 274 cm³/mol. The lowest BCUT2D eigenvalue weighted by molar-refractivity contribution is -0.167. The molecule has 0 aliphatic carbocycles.